The van der Waals surface area contributed by atoms with Crippen molar-refractivity contribution in [3.05, 3.63) is 0 Å². The van der Waals surface area contributed by atoms with E-state index in [4.69, 9.17) is 4.74 Å². The van der Waals surface area contributed by atoms with Gasteiger partial charge in [-0.05, 0) is 20.3 Å². The van der Waals surface area contributed by atoms with E-state index in [-0.39, 0.29) is 19.1 Å². The molecule has 5 heteroatoms. The first-order valence-electron chi connectivity index (χ1n) is 4.83. The first-order valence-corrected chi connectivity index (χ1v) is 4.83. The number of alkyl halides is 3. The molecule has 0 amide bonds. The zero-order valence-electron chi connectivity index (χ0n) is 8.47. The van der Waals surface area contributed by atoms with Crippen LogP contribution in [0.3, 0.4) is 0 Å². The topological polar surface area (TPSA) is 12.5 Å². The van der Waals surface area contributed by atoms with Crippen LogP contribution in [0.1, 0.15) is 20.3 Å². The lowest BCUT2D eigenvalue weighted by molar-refractivity contribution is -0.187. The van der Waals surface area contributed by atoms with Crippen LogP contribution in [0.4, 0.5) is 13.2 Å². The van der Waals surface area contributed by atoms with E-state index in [0.717, 1.165) is 0 Å². The fourth-order valence-corrected chi connectivity index (χ4v) is 1.76. The van der Waals surface area contributed by atoms with Crippen LogP contribution < -0.4 is 0 Å². The second kappa shape index (κ2) is 4.49. The van der Waals surface area contributed by atoms with Crippen LogP contribution in [0.25, 0.3) is 0 Å². The molecule has 1 heterocycles. The molecule has 1 unspecified atom stereocenters. The van der Waals surface area contributed by atoms with Crippen LogP contribution in [-0.2, 0) is 4.74 Å². The molecular formula is C9H16F3NO. The van der Waals surface area contributed by atoms with E-state index in [1.54, 1.807) is 13.8 Å². The minimum Gasteiger partial charge on any atom is -0.380 e. The summed E-state index contributed by atoms with van der Waals surface area (Å²) in [5, 5.41) is 0. The highest BCUT2D eigenvalue weighted by Gasteiger charge is 2.44. The van der Waals surface area contributed by atoms with E-state index in [9.17, 15) is 13.2 Å². The predicted molar refractivity (Wildman–Crippen MR) is 47.1 cm³/mol. The van der Waals surface area contributed by atoms with Crippen molar-refractivity contribution in [3.8, 4) is 0 Å². The number of hydrogen-bond acceptors (Lipinski definition) is 2. The Bertz CT molecular complexity index is 181. The molecule has 0 aliphatic carbocycles. The third-order valence-electron chi connectivity index (χ3n) is 2.47. The normalized spacial score (nSPS) is 26.6. The Hall–Kier alpha value is -0.290. The molecule has 0 N–H and O–H groups in total. The molecule has 1 aliphatic heterocycles. The van der Waals surface area contributed by atoms with Crippen molar-refractivity contribution < 1.29 is 17.9 Å². The van der Waals surface area contributed by atoms with E-state index in [0.29, 0.717) is 13.2 Å². The molecule has 0 radical (unpaired) electrons. The zero-order valence-corrected chi connectivity index (χ0v) is 8.47. The first kappa shape index (κ1) is 11.8. The average molecular weight is 211 g/mol. The van der Waals surface area contributed by atoms with E-state index in [1.807, 2.05) is 0 Å². The van der Waals surface area contributed by atoms with Crippen LogP contribution >= 0.6 is 0 Å². The Labute approximate surface area is 82.0 Å². The summed E-state index contributed by atoms with van der Waals surface area (Å²) in [6, 6.07) is -1.44. The van der Waals surface area contributed by atoms with Crippen LogP contribution in [0, 0.1) is 0 Å². The largest absolute Gasteiger partial charge is 0.404 e. The van der Waals surface area contributed by atoms with Gasteiger partial charge in [0, 0.05) is 19.2 Å². The molecule has 1 atom stereocenters. The first-order chi connectivity index (χ1) is 6.43. The van der Waals surface area contributed by atoms with Gasteiger partial charge in [0.15, 0.2) is 0 Å². The maximum Gasteiger partial charge on any atom is 0.404 e. The lowest BCUT2D eigenvalue weighted by Crippen LogP contribution is -2.49. The maximum absolute atomic E-state index is 12.6. The zero-order chi connectivity index (χ0) is 10.8. The minimum absolute atomic E-state index is 0.0433. The fourth-order valence-electron chi connectivity index (χ4n) is 1.76. The van der Waals surface area contributed by atoms with Gasteiger partial charge in [0.1, 0.15) is 6.04 Å². The van der Waals surface area contributed by atoms with Crippen molar-refractivity contribution in [2.45, 2.75) is 38.5 Å². The van der Waals surface area contributed by atoms with Gasteiger partial charge in [0.05, 0.1) is 6.61 Å². The summed E-state index contributed by atoms with van der Waals surface area (Å²) in [6.07, 6.45) is -4.10. The van der Waals surface area contributed by atoms with Gasteiger partial charge < -0.3 is 4.74 Å². The number of rotatable bonds is 1. The van der Waals surface area contributed by atoms with E-state index in [1.165, 1.54) is 4.90 Å². The van der Waals surface area contributed by atoms with E-state index >= 15 is 0 Å². The van der Waals surface area contributed by atoms with Gasteiger partial charge >= 0.3 is 6.18 Å². The summed E-state index contributed by atoms with van der Waals surface area (Å²) < 4.78 is 43.0. The summed E-state index contributed by atoms with van der Waals surface area (Å²) in [7, 11) is 0. The summed E-state index contributed by atoms with van der Waals surface area (Å²) in [5.41, 5.74) is 0. The lowest BCUT2D eigenvalue weighted by Gasteiger charge is -2.33. The van der Waals surface area contributed by atoms with Crippen molar-refractivity contribution in [3.63, 3.8) is 0 Å². The monoisotopic (exact) mass is 211 g/mol. The van der Waals surface area contributed by atoms with Gasteiger partial charge in [0.2, 0.25) is 0 Å². The van der Waals surface area contributed by atoms with Crippen LogP contribution in [-0.4, -0.2) is 42.9 Å². The molecule has 0 bridgehead atoms. The molecule has 2 nitrogen and oxygen atoms in total. The second-order valence-electron chi connectivity index (χ2n) is 3.79. The molecule has 14 heavy (non-hydrogen) atoms. The summed E-state index contributed by atoms with van der Waals surface area (Å²) in [4.78, 5) is 1.47. The number of nitrogens with zero attached hydrogens (tertiary/aromatic N) is 1. The highest BCUT2D eigenvalue weighted by Crippen LogP contribution is 2.29. The van der Waals surface area contributed by atoms with Gasteiger partial charge in [-0.1, -0.05) is 0 Å². The van der Waals surface area contributed by atoms with Crippen molar-refractivity contribution >= 4 is 0 Å². The lowest BCUT2D eigenvalue weighted by atomic mass is 10.1. The molecular weight excluding hydrogens is 195 g/mol. The van der Waals surface area contributed by atoms with Crippen molar-refractivity contribution in [1.29, 1.82) is 0 Å². The van der Waals surface area contributed by atoms with Crippen LogP contribution in [0.5, 0.6) is 0 Å². The van der Waals surface area contributed by atoms with Crippen LogP contribution in [0.15, 0.2) is 0 Å². The van der Waals surface area contributed by atoms with Crippen LogP contribution in [0.2, 0.25) is 0 Å². The fraction of sp³-hybridized carbons (Fsp3) is 1.00. The van der Waals surface area contributed by atoms with Crippen molar-refractivity contribution in [2.24, 2.45) is 0 Å². The van der Waals surface area contributed by atoms with Gasteiger partial charge in [-0.2, -0.15) is 13.2 Å². The molecule has 0 aromatic carbocycles. The number of ether oxygens (including phenoxy) is 1. The quantitative estimate of drug-likeness (QED) is 0.658. The Kier molecular flexibility index (Phi) is 3.78. The van der Waals surface area contributed by atoms with Gasteiger partial charge in [0.25, 0.3) is 0 Å². The van der Waals surface area contributed by atoms with E-state index < -0.39 is 12.2 Å². The molecule has 0 aromatic heterocycles. The second-order valence-corrected chi connectivity index (χ2v) is 3.79. The predicted octanol–water partition coefficient (Wildman–Crippen LogP) is 2.05. The average Bonchev–Trinajstić information content (AvgIpc) is 2.26. The van der Waals surface area contributed by atoms with Crippen molar-refractivity contribution in [2.75, 3.05) is 19.8 Å². The Morgan fingerprint density at radius 3 is 2.43 bits per heavy atom. The maximum atomic E-state index is 12.6. The van der Waals surface area contributed by atoms with Crippen molar-refractivity contribution in [1.82, 2.24) is 4.90 Å². The van der Waals surface area contributed by atoms with Gasteiger partial charge in [-0.3, -0.25) is 4.90 Å². The smallest absolute Gasteiger partial charge is 0.380 e. The third kappa shape index (κ3) is 2.85. The van der Waals surface area contributed by atoms with E-state index in [2.05, 4.69) is 0 Å². The molecule has 1 rings (SSSR count). The minimum atomic E-state index is -4.14. The molecule has 0 aromatic rings. The molecule has 1 saturated heterocycles. The Morgan fingerprint density at radius 2 is 1.93 bits per heavy atom. The summed E-state index contributed by atoms with van der Waals surface area (Å²) in [5.74, 6) is 0. The molecule has 1 aliphatic rings. The SMILES string of the molecule is CC(C)N1CCOCCC1C(F)(F)F. The highest BCUT2D eigenvalue weighted by molar-refractivity contribution is 4.82. The molecule has 0 saturated carbocycles. The molecule has 1 fully saturated rings. The standard InChI is InChI=1S/C9H16F3NO/c1-7(2)13-4-6-14-5-3-8(13)9(10,11)12/h7-8H,3-6H2,1-2H3. The van der Waals surface area contributed by atoms with Gasteiger partial charge in [-0.15, -0.1) is 0 Å². The van der Waals surface area contributed by atoms with Gasteiger partial charge in [-0.25, -0.2) is 0 Å². The highest BCUT2D eigenvalue weighted by atomic mass is 19.4. The summed E-state index contributed by atoms with van der Waals surface area (Å²) >= 11 is 0. The summed E-state index contributed by atoms with van der Waals surface area (Å²) in [6.45, 7) is 4.52. The Morgan fingerprint density at radius 1 is 1.29 bits per heavy atom. The molecule has 84 valence electrons. The number of halogens is 3. The number of hydrogen-bond donors (Lipinski definition) is 0. The third-order valence-corrected chi connectivity index (χ3v) is 2.47. The Balaban J connectivity index is 2.74. The molecule has 0 spiro atoms.